The molecule has 0 amide bonds. The summed E-state index contributed by atoms with van der Waals surface area (Å²) in [6.45, 7) is 3.00. The first-order valence-electron chi connectivity index (χ1n) is 6.93. The highest BCUT2D eigenvalue weighted by molar-refractivity contribution is 5.51. The van der Waals surface area contributed by atoms with E-state index in [1.165, 1.54) is 11.4 Å². The maximum atomic E-state index is 5.58. The summed E-state index contributed by atoms with van der Waals surface area (Å²) >= 11 is 0. The van der Waals surface area contributed by atoms with Crippen LogP contribution in [0.15, 0.2) is 48.8 Å². The van der Waals surface area contributed by atoms with E-state index >= 15 is 0 Å². The van der Waals surface area contributed by atoms with Crippen molar-refractivity contribution in [2.24, 2.45) is 0 Å². The predicted octanol–water partition coefficient (Wildman–Crippen LogP) is 3.46. The summed E-state index contributed by atoms with van der Waals surface area (Å²) in [5.41, 5.74) is 2.38. The summed E-state index contributed by atoms with van der Waals surface area (Å²) in [6.07, 6.45) is 6.65. The van der Waals surface area contributed by atoms with Gasteiger partial charge in [-0.15, -0.1) is 0 Å². The van der Waals surface area contributed by atoms with Gasteiger partial charge in [0.25, 0.3) is 0 Å². The Kier molecular flexibility index (Phi) is 3.56. The smallest absolute Gasteiger partial charge is 0.0566 e. The molecule has 0 aliphatic carbocycles. The average molecular weight is 256 g/mol. The monoisotopic (exact) mass is 256 g/mol. The molecule has 1 N–H and O–H groups in total. The van der Waals surface area contributed by atoms with Gasteiger partial charge >= 0.3 is 0 Å². The van der Waals surface area contributed by atoms with Gasteiger partial charge in [-0.05, 0) is 50.1 Å². The Balaban J connectivity index is 1.73. The number of rotatable bonds is 3. The van der Waals surface area contributed by atoms with Crippen LogP contribution in [0.5, 0.6) is 0 Å². The highest BCUT2D eigenvalue weighted by Gasteiger charge is 2.18. The molecule has 2 aromatic rings. The van der Waals surface area contributed by atoms with Crippen LogP contribution in [-0.4, -0.2) is 23.3 Å². The molecule has 1 saturated heterocycles. The molecule has 1 aliphatic heterocycles. The molecular formula is C16H20N2O. The van der Waals surface area contributed by atoms with Crippen molar-refractivity contribution < 1.29 is 4.74 Å². The maximum Gasteiger partial charge on any atom is 0.0566 e. The Hall–Kier alpha value is -1.74. The number of benzene rings is 1. The van der Waals surface area contributed by atoms with E-state index in [0.717, 1.165) is 19.4 Å². The van der Waals surface area contributed by atoms with Crippen LogP contribution in [0, 0.1) is 0 Å². The molecule has 2 heterocycles. The van der Waals surface area contributed by atoms with Gasteiger partial charge in [0.1, 0.15) is 0 Å². The normalized spacial score (nSPS) is 23.2. The van der Waals surface area contributed by atoms with Gasteiger partial charge in [-0.25, -0.2) is 0 Å². The molecular weight excluding hydrogens is 236 g/mol. The summed E-state index contributed by atoms with van der Waals surface area (Å²) in [5.74, 6) is 0. The zero-order valence-electron chi connectivity index (χ0n) is 11.3. The van der Waals surface area contributed by atoms with Gasteiger partial charge in [0.2, 0.25) is 0 Å². The Bertz CT molecular complexity index is 521. The zero-order chi connectivity index (χ0) is 13.1. The summed E-state index contributed by atoms with van der Waals surface area (Å²) in [5, 5.41) is 3.62. The van der Waals surface area contributed by atoms with E-state index in [1.54, 1.807) is 0 Å². The fraction of sp³-hybridized carbons (Fsp3) is 0.375. The van der Waals surface area contributed by atoms with Crippen molar-refractivity contribution in [2.45, 2.75) is 31.9 Å². The Morgan fingerprint density at radius 3 is 2.84 bits per heavy atom. The van der Waals surface area contributed by atoms with Crippen LogP contribution >= 0.6 is 0 Å². The van der Waals surface area contributed by atoms with Crippen LogP contribution in [-0.2, 0) is 4.74 Å². The third-order valence-electron chi connectivity index (χ3n) is 3.60. The second-order valence-electron chi connectivity index (χ2n) is 5.19. The van der Waals surface area contributed by atoms with Crippen LogP contribution in [0.4, 0.5) is 5.69 Å². The number of hydrogen-bond donors (Lipinski definition) is 1. The van der Waals surface area contributed by atoms with Crippen molar-refractivity contribution in [3.05, 3.63) is 48.8 Å². The maximum absolute atomic E-state index is 5.58. The van der Waals surface area contributed by atoms with Gasteiger partial charge in [-0.1, -0.05) is 6.07 Å². The first-order chi connectivity index (χ1) is 9.31. The minimum absolute atomic E-state index is 0.360. The topological polar surface area (TPSA) is 26.2 Å². The standard InChI is InChI=1S/C16H20N2O/c1-13-11-15(7-10-19-13)17-14-5-4-6-16(12-14)18-8-2-3-9-18/h2-6,8-9,12-13,15,17H,7,10-11H2,1H3. The fourth-order valence-corrected chi connectivity index (χ4v) is 2.63. The van der Waals surface area contributed by atoms with E-state index in [2.05, 4.69) is 53.5 Å². The van der Waals surface area contributed by atoms with Crippen molar-refractivity contribution in [2.75, 3.05) is 11.9 Å². The second-order valence-corrected chi connectivity index (χ2v) is 5.19. The predicted molar refractivity (Wildman–Crippen MR) is 77.8 cm³/mol. The molecule has 2 unspecified atom stereocenters. The van der Waals surface area contributed by atoms with Gasteiger partial charge in [0, 0.05) is 36.4 Å². The van der Waals surface area contributed by atoms with E-state index in [0.29, 0.717) is 12.1 Å². The van der Waals surface area contributed by atoms with Crippen molar-refractivity contribution in [3.63, 3.8) is 0 Å². The minimum atomic E-state index is 0.360. The lowest BCUT2D eigenvalue weighted by Gasteiger charge is -2.28. The van der Waals surface area contributed by atoms with E-state index < -0.39 is 0 Å². The van der Waals surface area contributed by atoms with E-state index in [9.17, 15) is 0 Å². The summed E-state index contributed by atoms with van der Waals surface area (Å²) in [7, 11) is 0. The quantitative estimate of drug-likeness (QED) is 0.910. The Labute approximate surface area is 114 Å². The molecule has 0 bridgehead atoms. The van der Waals surface area contributed by atoms with Crippen LogP contribution in [0.1, 0.15) is 19.8 Å². The molecule has 1 aliphatic rings. The van der Waals surface area contributed by atoms with Crippen LogP contribution in [0.3, 0.4) is 0 Å². The number of aromatic nitrogens is 1. The molecule has 3 heteroatoms. The Morgan fingerprint density at radius 2 is 2.05 bits per heavy atom. The van der Waals surface area contributed by atoms with Gasteiger partial charge in [-0.3, -0.25) is 0 Å². The van der Waals surface area contributed by atoms with Crippen LogP contribution in [0.2, 0.25) is 0 Å². The molecule has 1 fully saturated rings. The molecule has 100 valence electrons. The van der Waals surface area contributed by atoms with Gasteiger partial charge in [0.15, 0.2) is 0 Å². The van der Waals surface area contributed by atoms with E-state index in [1.807, 2.05) is 12.1 Å². The molecule has 0 saturated carbocycles. The van der Waals surface area contributed by atoms with Crippen LogP contribution in [0.25, 0.3) is 5.69 Å². The lowest BCUT2D eigenvalue weighted by Crippen LogP contribution is -2.32. The first-order valence-corrected chi connectivity index (χ1v) is 6.93. The van der Waals surface area contributed by atoms with Crippen LogP contribution < -0.4 is 5.32 Å². The highest BCUT2D eigenvalue weighted by Crippen LogP contribution is 2.20. The lowest BCUT2D eigenvalue weighted by molar-refractivity contribution is 0.0232. The van der Waals surface area contributed by atoms with Gasteiger partial charge in [0.05, 0.1) is 6.10 Å². The summed E-state index contributed by atoms with van der Waals surface area (Å²) in [4.78, 5) is 0. The number of nitrogens with one attached hydrogen (secondary N) is 1. The number of hydrogen-bond acceptors (Lipinski definition) is 2. The number of anilines is 1. The van der Waals surface area contributed by atoms with E-state index in [-0.39, 0.29) is 0 Å². The molecule has 2 atom stereocenters. The number of nitrogens with zero attached hydrogens (tertiary/aromatic N) is 1. The third kappa shape index (κ3) is 2.99. The molecule has 3 rings (SSSR count). The Morgan fingerprint density at radius 1 is 1.21 bits per heavy atom. The summed E-state index contributed by atoms with van der Waals surface area (Å²) in [6, 6.07) is 13.1. The SMILES string of the molecule is CC1CC(Nc2cccc(-n3cccc3)c2)CCO1. The molecule has 0 spiro atoms. The third-order valence-corrected chi connectivity index (χ3v) is 3.60. The van der Waals surface area contributed by atoms with Gasteiger partial charge in [-0.2, -0.15) is 0 Å². The molecule has 0 radical (unpaired) electrons. The molecule has 1 aromatic carbocycles. The number of ether oxygens (including phenoxy) is 1. The minimum Gasteiger partial charge on any atom is -0.382 e. The largest absolute Gasteiger partial charge is 0.382 e. The molecule has 1 aromatic heterocycles. The molecule has 3 nitrogen and oxygen atoms in total. The van der Waals surface area contributed by atoms with Crippen molar-refractivity contribution in [3.8, 4) is 5.69 Å². The lowest BCUT2D eigenvalue weighted by atomic mass is 10.0. The summed E-state index contributed by atoms with van der Waals surface area (Å²) < 4.78 is 7.71. The second kappa shape index (κ2) is 5.49. The fourth-order valence-electron chi connectivity index (χ4n) is 2.63. The first kappa shape index (κ1) is 12.3. The van der Waals surface area contributed by atoms with Gasteiger partial charge < -0.3 is 14.6 Å². The van der Waals surface area contributed by atoms with Crippen molar-refractivity contribution in [1.29, 1.82) is 0 Å². The van der Waals surface area contributed by atoms with Crippen molar-refractivity contribution >= 4 is 5.69 Å². The average Bonchev–Trinajstić information content (AvgIpc) is 2.93. The highest BCUT2D eigenvalue weighted by atomic mass is 16.5. The zero-order valence-corrected chi connectivity index (χ0v) is 11.3. The molecule has 19 heavy (non-hydrogen) atoms. The van der Waals surface area contributed by atoms with E-state index in [4.69, 9.17) is 4.74 Å². The van der Waals surface area contributed by atoms with Crippen molar-refractivity contribution in [1.82, 2.24) is 4.57 Å².